The molecule has 0 bridgehead atoms. The largest absolute Gasteiger partial charge is 0.352 e. The standard InChI is InChI=1S/C12H20N4/c1-9-4-6-16(10(2)7-9)12-11(8-13)3-5-14-15-12/h3,5,9-10H,4,6-8,13H2,1-2H3. The van der Waals surface area contributed by atoms with Crippen LogP contribution in [-0.4, -0.2) is 22.8 Å². The Labute approximate surface area is 96.9 Å². The van der Waals surface area contributed by atoms with Crippen molar-refractivity contribution in [3.8, 4) is 0 Å². The van der Waals surface area contributed by atoms with Gasteiger partial charge in [0, 0.05) is 24.7 Å². The Bertz CT molecular complexity index is 353. The lowest BCUT2D eigenvalue weighted by Crippen LogP contribution is -2.41. The van der Waals surface area contributed by atoms with Crippen LogP contribution in [0, 0.1) is 5.92 Å². The second-order valence-corrected chi connectivity index (χ2v) is 4.76. The van der Waals surface area contributed by atoms with Crippen LogP contribution in [0.3, 0.4) is 0 Å². The zero-order valence-corrected chi connectivity index (χ0v) is 10.1. The number of nitrogens with two attached hydrogens (primary N) is 1. The normalized spacial score (nSPS) is 25.8. The summed E-state index contributed by atoms with van der Waals surface area (Å²) in [5.74, 6) is 1.79. The molecule has 1 aliphatic heterocycles. The lowest BCUT2D eigenvalue weighted by molar-refractivity contribution is 0.374. The molecule has 1 fully saturated rings. The van der Waals surface area contributed by atoms with Gasteiger partial charge >= 0.3 is 0 Å². The summed E-state index contributed by atoms with van der Waals surface area (Å²) >= 11 is 0. The van der Waals surface area contributed by atoms with Gasteiger partial charge in [0.05, 0.1) is 6.20 Å². The number of aromatic nitrogens is 2. The molecule has 0 amide bonds. The second-order valence-electron chi connectivity index (χ2n) is 4.76. The summed E-state index contributed by atoms with van der Waals surface area (Å²) in [5, 5.41) is 8.22. The number of hydrogen-bond donors (Lipinski definition) is 1. The molecule has 16 heavy (non-hydrogen) atoms. The minimum Gasteiger partial charge on any atom is -0.352 e. The highest BCUT2D eigenvalue weighted by Gasteiger charge is 2.25. The average Bonchev–Trinajstić information content (AvgIpc) is 2.29. The minimum atomic E-state index is 0.531. The highest BCUT2D eigenvalue weighted by molar-refractivity contribution is 5.46. The molecule has 1 aromatic rings. The highest BCUT2D eigenvalue weighted by atomic mass is 15.3. The van der Waals surface area contributed by atoms with Gasteiger partial charge in [-0.2, -0.15) is 5.10 Å². The molecule has 2 unspecified atom stereocenters. The van der Waals surface area contributed by atoms with Crippen molar-refractivity contribution in [2.45, 2.75) is 39.3 Å². The van der Waals surface area contributed by atoms with E-state index in [9.17, 15) is 0 Å². The predicted molar refractivity (Wildman–Crippen MR) is 65.1 cm³/mol. The molecule has 0 aromatic carbocycles. The van der Waals surface area contributed by atoms with Crippen LogP contribution in [0.15, 0.2) is 12.3 Å². The molecule has 2 rings (SSSR count). The van der Waals surface area contributed by atoms with Crippen LogP contribution in [0.25, 0.3) is 0 Å². The lowest BCUT2D eigenvalue weighted by Gasteiger charge is -2.37. The summed E-state index contributed by atoms with van der Waals surface area (Å²) in [6, 6.07) is 2.50. The van der Waals surface area contributed by atoms with E-state index in [2.05, 4.69) is 28.9 Å². The van der Waals surface area contributed by atoms with E-state index in [0.29, 0.717) is 12.6 Å². The van der Waals surface area contributed by atoms with Crippen molar-refractivity contribution in [3.63, 3.8) is 0 Å². The molecule has 0 radical (unpaired) electrons. The summed E-state index contributed by atoms with van der Waals surface area (Å²) in [7, 11) is 0. The van der Waals surface area contributed by atoms with Crippen LogP contribution < -0.4 is 10.6 Å². The first-order valence-electron chi connectivity index (χ1n) is 5.99. The summed E-state index contributed by atoms with van der Waals surface area (Å²) < 4.78 is 0. The highest BCUT2D eigenvalue weighted by Crippen LogP contribution is 2.27. The molecule has 0 aliphatic carbocycles. The van der Waals surface area contributed by atoms with Crippen molar-refractivity contribution in [3.05, 3.63) is 17.8 Å². The molecule has 0 spiro atoms. The zero-order valence-electron chi connectivity index (χ0n) is 10.1. The van der Waals surface area contributed by atoms with Gasteiger partial charge in [-0.25, -0.2) is 0 Å². The van der Waals surface area contributed by atoms with Crippen LogP contribution in [0.1, 0.15) is 32.3 Å². The topological polar surface area (TPSA) is 55.0 Å². The Hall–Kier alpha value is -1.16. The van der Waals surface area contributed by atoms with Gasteiger partial charge < -0.3 is 10.6 Å². The average molecular weight is 220 g/mol. The third kappa shape index (κ3) is 2.16. The maximum Gasteiger partial charge on any atom is 0.156 e. The van der Waals surface area contributed by atoms with Crippen molar-refractivity contribution < 1.29 is 0 Å². The van der Waals surface area contributed by atoms with E-state index in [1.165, 1.54) is 12.8 Å². The van der Waals surface area contributed by atoms with Gasteiger partial charge in [-0.05, 0) is 31.7 Å². The van der Waals surface area contributed by atoms with Crippen molar-refractivity contribution in [2.75, 3.05) is 11.4 Å². The van der Waals surface area contributed by atoms with Gasteiger partial charge in [0.1, 0.15) is 0 Å². The monoisotopic (exact) mass is 220 g/mol. The van der Waals surface area contributed by atoms with Crippen molar-refractivity contribution in [2.24, 2.45) is 11.7 Å². The molecule has 1 aliphatic rings. The summed E-state index contributed by atoms with van der Waals surface area (Å²) in [6.45, 7) is 6.16. The molecule has 1 saturated heterocycles. The molecular formula is C12H20N4. The van der Waals surface area contributed by atoms with Crippen molar-refractivity contribution >= 4 is 5.82 Å². The number of nitrogens with zero attached hydrogens (tertiary/aromatic N) is 3. The second kappa shape index (κ2) is 4.78. The van der Waals surface area contributed by atoms with Crippen LogP contribution in [0.2, 0.25) is 0 Å². The number of rotatable bonds is 2. The van der Waals surface area contributed by atoms with Gasteiger partial charge in [-0.3, -0.25) is 0 Å². The Morgan fingerprint density at radius 3 is 3.00 bits per heavy atom. The predicted octanol–water partition coefficient (Wildman–Crippen LogP) is 1.56. The van der Waals surface area contributed by atoms with Crippen LogP contribution in [0.4, 0.5) is 5.82 Å². The quantitative estimate of drug-likeness (QED) is 0.821. The van der Waals surface area contributed by atoms with E-state index in [4.69, 9.17) is 5.73 Å². The summed E-state index contributed by atoms with van der Waals surface area (Å²) in [6.07, 6.45) is 4.16. The Morgan fingerprint density at radius 2 is 2.31 bits per heavy atom. The molecule has 2 atom stereocenters. The van der Waals surface area contributed by atoms with Crippen LogP contribution >= 0.6 is 0 Å². The molecule has 4 nitrogen and oxygen atoms in total. The number of anilines is 1. The van der Waals surface area contributed by atoms with E-state index in [0.717, 1.165) is 23.8 Å². The van der Waals surface area contributed by atoms with E-state index in [1.807, 2.05) is 6.07 Å². The zero-order chi connectivity index (χ0) is 11.5. The molecular weight excluding hydrogens is 200 g/mol. The van der Waals surface area contributed by atoms with Gasteiger partial charge in [-0.15, -0.1) is 5.10 Å². The van der Waals surface area contributed by atoms with E-state index in [1.54, 1.807) is 6.20 Å². The maximum absolute atomic E-state index is 5.74. The Balaban J connectivity index is 2.23. The first-order valence-corrected chi connectivity index (χ1v) is 5.99. The smallest absolute Gasteiger partial charge is 0.156 e. The first-order chi connectivity index (χ1) is 7.72. The lowest BCUT2D eigenvalue weighted by atomic mass is 9.93. The molecule has 1 aromatic heterocycles. The molecule has 0 saturated carbocycles. The fourth-order valence-corrected chi connectivity index (χ4v) is 2.47. The third-order valence-corrected chi connectivity index (χ3v) is 3.41. The SMILES string of the molecule is CC1CCN(c2nnccc2CN)C(C)C1. The first kappa shape index (κ1) is 11.3. The van der Waals surface area contributed by atoms with Gasteiger partial charge in [-0.1, -0.05) is 6.92 Å². The van der Waals surface area contributed by atoms with E-state index in [-0.39, 0.29) is 0 Å². The molecule has 2 N–H and O–H groups in total. The van der Waals surface area contributed by atoms with Crippen molar-refractivity contribution in [1.29, 1.82) is 0 Å². The maximum atomic E-state index is 5.74. The van der Waals surface area contributed by atoms with Crippen LogP contribution in [-0.2, 0) is 6.54 Å². The fraction of sp³-hybridized carbons (Fsp3) is 0.667. The van der Waals surface area contributed by atoms with Gasteiger partial charge in [0.2, 0.25) is 0 Å². The van der Waals surface area contributed by atoms with Crippen LogP contribution in [0.5, 0.6) is 0 Å². The van der Waals surface area contributed by atoms with E-state index >= 15 is 0 Å². The molecule has 4 heteroatoms. The minimum absolute atomic E-state index is 0.531. The number of piperidine rings is 1. The third-order valence-electron chi connectivity index (χ3n) is 3.41. The molecule has 2 heterocycles. The van der Waals surface area contributed by atoms with E-state index < -0.39 is 0 Å². The Kier molecular flexibility index (Phi) is 3.39. The summed E-state index contributed by atoms with van der Waals surface area (Å²) in [5.41, 5.74) is 6.83. The van der Waals surface area contributed by atoms with Crippen molar-refractivity contribution in [1.82, 2.24) is 10.2 Å². The summed E-state index contributed by atoms with van der Waals surface area (Å²) in [4.78, 5) is 2.34. The molecule has 88 valence electrons. The Morgan fingerprint density at radius 1 is 1.50 bits per heavy atom. The number of hydrogen-bond acceptors (Lipinski definition) is 4. The fourth-order valence-electron chi connectivity index (χ4n) is 2.47. The van der Waals surface area contributed by atoms with Gasteiger partial charge in [0.15, 0.2) is 5.82 Å². The van der Waals surface area contributed by atoms with Gasteiger partial charge in [0.25, 0.3) is 0 Å².